The lowest BCUT2D eigenvalue weighted by Crippen LogP contribution is -2.36. The summed E-state index contributed by atoms with van der Waals surface area (Å²) in [7, 11) is 0. The first-order valence-electron chi connectivity index (χ1n) is 9.69. The summed E-state index contributed by atoms with van der Waals surface area (Å²) in [5.41, 5.74) is 7.54. The highest BCUT2D eigenvalue weighted by Gasteiger charge is 2.25. The predicted molar refractivity (Wildman–Crippen MR) is 97.4 cm³/mol. The number of piperidine rings is 1. The summed E-state index contributed by atoms with van der Waals surface area (Å²) in [4.78, 5) is 7.98. The Kier molecular flexibility index (Phi) is 7.74. The monoisotopic (exact) mass is 331 g/mol. The van der Waals surface area contributed by atoms with Crippen molar-refractivity contribution in [3.63, 3.8) is 0 Å². The van der Waals surface area contributed by atoms with Crippen LogP contribution in [0.4, 0.5) is 0 Å². The maximum absolute atomic E-state index is 8.99. The SMILES string of the molecule is CC.N#CC1CCC(c2cnc([C@@H](N)CC3CCCCN3)[nH]2)CC1. The van der Waals surface area contributed by atoms with E-state index in [0.29, 0.717) is 12.0 Å². The number of aromatic nitrogens is 2. The first-order valence-corrected chi connectivity index (χ1v) is 9.69. The number of imidazole rings is 1. The van der Waals surface area contributed by atoms with Gasteiger partial charge in [0.1, 0.15) is 5.82 Å². The number of nitrogens with one attached hydrogen (secondary N) is 2. The highest BCUT2D eigenvalue weighted by atomic mass is 15.0. The second-order valence-electron chi connectivity index (χ2n) is 6.89. The number of H-pyrrole nitrogens is 1. The molecular weight excluding hydrogens is 298 g/mol. The van der Waals surface area contributed by atoms with Crippen LogP contribution in [0.1, 0.15) is 88.7 Å². The van der Waals surface area contributed by atoms with Crippen molar-refractivity contribution in [1.29, 1.82) is 5.26 Å². The molecule has 1 aliphatic carbocycles. The van der Waals surface area contributed by atoms with Crippen LogP contribution in [0.2, 0.25) is 0 Å². The van der Waals surface area contributed by atoms with Gasteiger partial charge in [-0.15, -0.1) is 0 Å². The molecule has 1 aliphatic heterocycles. The van der Waals surface area contributed by atoms with Crippen molar-refractivity contribution in [3.05, 3.63) is 17.7 Å². The molecule has 134 valence electrons. The Morgan fingerprint density at radius 2 is 2.00 bits per heavy atom. The molecule has 24 heavy (non-hydrogen) atoms. The summed E-state index contributed by atoms with van der Waals surface area (Å²) in [6, 6.07) is 2.91. The Labute approximate surface area is 146 Å². The summed E-state index contributed by atoms with van der Waals surface area (Å²) in [6.45, 7) is 5.11. The number of hydrogen-bond donors (Lipinski definition) is 3. The molecule has 1 saturated carbocycles. The van der Waals surface area contributed by atoms with E-state index in [-0.39, 0.29) is 12.0 Å². The summed E-state index contributed by atoms with van der Waals surface area (Å²) in [5, 5.41) is 12.5. The number of aromatic amines is 1. The quantitative estimate of drug-likeness (QED) is 0.783. The van der Waals surface area contributed by atoms with Crippen molar-refractivity contribution in [1.82, 2.24) is 15.3 Å². The van der Waals surface area contributed by atoms with Gasteiger partial charge in [0.25, 0.3) is 0 Å². The predicted octanol–water partition coefficient (Wildman–Crippen LogP) is 3.77. The minimum absolute atomic E-state index is 0.0141. The highest BCUT2D eigenvalue weighted by Crippen LogP contribution is 2.35. The molecule has 1 aromatic rings. The van der Waals surface area contributed by atoms with Gasteiger partial charge in [0.2, 0.25) is 0 Å². The van der Waals surface area contributed by atoms with Crippen LogP contribution in [0.25, 0.3) is 0 Å². The molecule has 4 N–H and O–H groups in total. The van der Waals surface area contributed by atoms with Crippen LogP contribution >= 0.6 is 0 Å². The maximum atomic E-state index is 8.99. The first kappa shape index (κ1) is 19.0. The minimum Gasteiger partial charge on any atom is -0.344 e. The number of nitriles is 1. The van der Waals surface area contributed by atoms with Crippen molar-refractivity contribution in [2.45, 2.75) is 83.2 Å². The summed E-state index contributed by atoms with van der Waals surface area (Å²) >= 11 is 0. The van der Waals surface area contributed by atoms with E-state index in [1.165, 1.54) is 25.0 Å². The van der Waals surface area contributed by atoms with Crippen molar-refractivity contribution in [2.75, 3.05) is 6.54 Å². The Bertz CT molecular complexity index is 504. The first-order chi connectivity index (χ1) is 11.8. The molecule has 0 amide bonds. The van der Waals surface area contributed by atoms with Gasteiger partial charge in [-0.25, -0.2) is 4.98 Å². The molecule has 0 aromatic carbocycles. The normalized spacial score (nSPS) is 28.3. The number of rotatable bonds is 4. The van der Waals surface area contributed by atoms with Crippen LogP contribution in [-0.4, -0.2) is 22.6 Å². The van der Waals surface area contributed by atoms with Gasteiger partial charge in [-0.3, -0.25) is 0 Å². The molecule has 0 spiro atoms. The molecule has 2 fully saturated rings. The molecule has 0 bridgehead atoms. The minimum atomic E-state index is -0.0141. The molecular formula is C19H33N5. The van der Waals surface area contributed by atoms with Crippen molar-refractivity contribution >= 4 is 0 Å². The van der Waals surface area contributed by atoms with Gasteiger partial charge in [0, 0.05) is 29.8 Å². The van der Waals surface area contributed by atoms with Crippen LogP contribution in [0.15, 0.2) is 6.20 Å². The largest absolute Gasteiger partial charge is 0.344 e. The van der Waals surface area contributed by atoms with Gasteiger partial charge < -0.3 is 16.0 Å². The molecule has 1 aromatic heterocycles. The molecule has 2 aliphatic rings. The van der Waals surface area contributed by atoms with E-state index in [0.717, 1.165) is 44.5 Å². The Hall–Kier alpha value is -1.38. The molecule has 2 atom stereocenters. The lowest BCUT2D eigenvalue weighted by Gasteiger charge is -2.25. The van der Waals surface area contributed by atoms with Gasteiger partial charge in [-0.05, 0) is 51.5 Å². The third-order valence-electron chi connectivity index (χ3n) is 5.27. The third kappa shape index (κ3) is 5.06. The van der Waals surface area contributed by atoms with Crippen molar-refractivity contribution < 1.29 is 0 Å². The fraction of sp³-hybridized carbons (Fsp3) is 0.789. The third-order valence-corrected chi connectivity index (χ3v) is 5.27. The zero-order valence-corrected chi connectivity index (χ0v) is 15.2. The van der Waals surface area contributed by atoms with Gasteiger partial charge >= 0.3 is 0 Å². The summed E-state index contributed by atoms with van der Waals surface area (Å²) in [6.07, 6.45) is 10.9. The van der Waals surface area contributed by atoms with Crippen molar-refractivity contribution in [2.24, 2.45) is 11.7 Å². The average Bonchev–Trinajstić information content (AvgIpc) is 3.15. The fourth-order valence-electron chi connectivity index (χ4n) is 3.82. The second kappa shape index (κ2) is 9.80. The van der Waals surface area contributed by atoms with Gasteiger partial charge in [-0.2, -0.15) is 5.26 Å². The molecule has 5 nitrogen and oxygen atoms in total. The van der Waals surface area contributed by atoms with E-state index in [4.69, 9.17) is 11.0 Å². The molecule has 1 unspecified atom stereocenters. The zero-order chi connectivity index (χ0) is 17.4. The summed E-state index contributed by atoms with van der Waals surface area (Å²) in [5.74, 6) is 1.69. The van der Waals surface area contributed by atoms with Crippen LogP contribution in [0.3, 0.4) is 0 Å². The van der Waals surface area contributed by atoms with E-state index in [9.17, 15) is 0 Å². The van der Waals surface area contributed by atoms with Crippen LogP contribution in [0, 0.1) is 17.2 Å². The topological polar surface area (TPSA) is 90.5 Å². The van der Waals surface area contributed by atoms with Gasteiger partial charge in [-0.1, -0.05) is 20.3 Å². The van der Waals surface area contributed by atoms with E-state index in [2.05, 4.69) is 21.4 Å². The number of hydrogen-bond acceptors (Lipinski definition) is 4. The van der Waals surface area contributed by atoms with E-state index < -0.39 is 0 Å². The smallest absolute Gasteiger partial charge is 0.123 e. The van der Waals surface area contributed by atoms with Gasteiger partial charge in [0.15, 0.2) is 0 Å². The highest BCUT2D eigenvalue weighted by molar-refractivity contribution is 5.11. The molecule has 0 radical (unpaired) electrons. The Balaban J connectivity index is 0.00000100. The van der Waals surface area contributed by atoms with E-state index in [1.54, 1.807) is 0 Å². The Morgan fingerprint density at radius 3 is 2.62 bits per heavy atom. The van der Waals surface area contributed by atoms with E-state index in [1.807, 2.05) is 20.0 Å². The lowest BCUT2D eigenvalue weighted by atomic mass is 9.81. The molecule has 1 saturated heterocycles. The summed E-state index contributed by atoms with van der Waals surface area (Å²) < 4.78 is 0. The molecule has 3 rings (SSSR count). The van der Waals surface area contributed by atoms with E-state index >= 15 is 0 Å². The lowest BCUT2D eigenvalue weighted by molar-refractivity contribution is 0.357. The standard InChI is InChI=1S/C17H27N5.C2H6/c18-10-12-4-6-13(7-5-12)16-11-21-17(22-16)15(19)9-14-3-1-2-8-20-14;1-2/h11-15,20H,1-9,19H2,(H,21,22);1-2H3/t12?,13?,14?,15-;/m0./s1. The van der Waals surface area contributed by atoms with Gasteiger partial charge in [0.05, 0.1) is 12.1 Å². The van der Waals surface area contributed by atoms with Crippen LogP contribution < -0.4 is 11.1 Å². The fourth-order valence-corrected chi connectivity index (χ4v) is 3.82. The molecule has 2 heterocycles. The maximum Gasteiger partial charge on any atom is 0.123 e. The molecule has 5 heteroatoms. The van der Waals surface area contributed by atoms with Crippen LogP contribution in [-0.2, 0) is 0 Å². The van der Waals surface area contributed by atoms with Crippen LogP contribution in [0.5, 0.6) is 0 Å². The Morgan fingerprint density at radius 1 is 1.25 bits per heavy atom. The second-order valence-corrected chi connectivity index (χ2v) is 6.89. The zero-order valence-electron chi connectivity index (χ0n) is 15.2. The van der Waals surface area contributed by atoms with Crippen molar-refractivity contribution in [3.8, 4) is 6.07 Å². The average molecular weight is 332 g/mol. The number of nitrogens with zero attached hydrogens (tertiary/aromatic N) is 2. The number of nitrogens with two attached hydrogens (primary N) is 1.